The Bertz CT molecular complexity index is 534. The molecule has 1 aromatic heterocycles. The van der Waals surface area contributed by atoms with Gasteiger partial charge in [0.25, 0.3) is 5.91 Å². The van der Waals surface area contributed by atoms with Crippen LogP contribution in [0.2, 0.25) is 0 Å². The van der Waals surface area contributed by atoms with Gasteiger partial charge in [0.1, 0.15) is 0 Å². The summed E-state index contributed by atoms with van der Waals surface area (Å²) in [7, 11) is 1.64. The number of hydrogen-bond donors (Lipinski definition) is 2. The van der Waals surface area contributed by atoms with Crippen molar-refractivity contribution >= 4 is 17.2 Å². The summed E-state index contributed by atoms with van der Waals surface area (Å²) < 4.78 is 0. The second-order valence-corrected chi connectivity index (χ2v) is 5.87. The third-order valence-corrected chi connectivity index (χ3v) is 4.08. The molecule has 1 heterocycles. The maximum atomic E-state index is 11.4. The summed E-state index contributed by atoms with van der Waals surface area (Å²) in [5.41, 5.74) is 1.89. The minimum absolute atomic E-state index is 0.0458. The normalized spacial score (nSPS) is 12.1. The van der Waals surface area contributed by atoms with E-state index in [0.717, 1.165) is 13.0 Å². The van der Waals surface area contributed by atoms with Crippen LogP contribution in [0.5, 0.6) is 0 Å². The number of carbonyl (C=O) groups excluding carboxylic acids is 1. The van der Waals surface area contributed by atoms with Crippen LogP contribution in [0, 0.1) is 0 Å². The van der Waals surface area contributed by atoms with Gasteiger partial charge in [-0.25, -0.2) is 0 Å². The minimum atomic E-state index is -0.0458. The van der Waals surface area contributed by atoms with Gasteiger partial charge in [0.2, 0.25) is 0 Å². The molecule has 1 amide bonds. The van der Waals surface area contributed by atoms with Crippen LogP contribution in [-0.2, 0) is 13.0 Å². The molecular formula is C16H20N2OS. The Morgan fingerprint density at radius 2 is 2.00 bits per heavy atom. The summed E-state index contributed by atoms with van der Waals surface area (Å²) in [5, 5.41) is 8.24. The summed E-state index contributed by atoms with van der Waals surface area (Å²) in [4.78, 5) is 12.8. The minimum Gasteiger partial charge on any atom is -0.355 e. The van der Waals surface area contributed by atoms with Crippen molar-refractivity contribution in [3.8, 4) is 0 Å². The Hall–Kier alpha value is -1.65. The van der Waals surface area contributed by atoms with Crippen LogP contribution in [0.25, 0.3) is 0 Å². The highest BCUT2D eigenvalue weighted by Gasteiger charge is 2.05. The molecule has 20 heavy (non-hydrogen) atoms. The van der Waals surface area contributed by atoms with Crippen LogP contribution in [0.1, 0.15) is 27.7 Å². The molecule has 0 fully saturated rings. The van der Waals surface area contributed by atoms with E-state index in [1.54, 1.807) is 18.4 Å². The van der Waals surface area contributed by atoms with Crippen molar-refractivity contribution in [1.82, 2.24) is 10.6 Å². The first kappa shape index (κ1) is 14.8. The lowest BCUT2D eigenvalue weighted by molar-refractivity contribution is 0.0963. The zero-order valence-electron chi connectivity index (χ0n) is 11.8. The van der Waals surface area contributed by atoms with Crippen LogP contribution in [0.3, 0.4) is 0 Å². The van der Waals surface area contributed by atoms with Crippen molar-refractivity contribution in [1.29, 1.82) is 0 Å². The predicted octanol–water partition coefficient (Wildman–Crippen LogP) is 2.83. The largest absolute Gasteiger partial charge is 0.355 e. The number of thiophene rings is 1. The van der Waals surface area contributed by atoms with Crippen LogP contribution >= 0.6 is 11.3 Å². The van der Waals surface area contributed by atoms with E-state index in [4.69, 9.17) is 0 Å². The average Bonchev–Trinajstić information content (AvgIpc) is 2.97. The number of nitrogens with one attached hydrogen (secondary N) is 2. The summed E-state index contributed by atoms with van der Waals surface area (Å²) in [6.45, 7) is 3.01. The molecule has 0 aliphatic heterocycles. The molecule has 2 aromatic rings. The molecule has 0 saturated carbocycles. The fraction of sp³-hybridized carbons (Fsp3) is 0.312. The van der Waals surface area contributed by atoms with Crippen molar-refractivity contribution < 1.29 is 4.79 Å². The second-order valence-electron chi connectivity index (χ2n) is 4.84. The standard InChI is InChI=1S/C16H20N2OS/c1-12(10-15-4-3-9-20-15)18-11-13-5-7-14(8-6-13)16(19)17-2/h3-9,12,18H,10-11H2,1-2H3,(H,17,19). The van der Waals surface area contributed by atoms with Crippen LogP contribution < -0.4 is 10.6 Å². The molecule has 0 bridgehead atoms. The number of carbonyl (C=O) groups is 1. The van der Waals surface area contributed by atoms with Gasteiger partial charge in [-0.1, -0.05) is 18.2 Å². The first-order valence-corrected chi connectivity index (χ1v) is 7.64. The highest BCUT2D eigenvalue weighted by Crippen LogP contribution is 2.11. The Morgan fingerprint density at radius 1 is 1.25 bits per heavy atom. The maximum Gasteiger partial charge on any atom is 0.251 e. The lowest BCUT2D eigenvalue weighted by Gasteiger charge is -2.13. The first-order chi connectivity index (χ1) is 9.69. The van der Waals surface area contributed by atoms with E-state index in [-0.39, 0.29) is 5.91 Å². The molecule has 106 valence electrons. The predicted molar refractivity (Wildman–Crippen MR) is 84.2 cm³/mol. The van der Waals surface area contributed by atoms with Gasteiger partial charge in [-0.15, -0.1) is 11.3 Å². The molecule has 3 nitrogen and oxygen atoms in total. The molecule has 0 saturated heterocycles. The molecular weight excluding hydrogens is 268 g/mol. The first-order valence-electron chi connectivity index (χ1n) is 6.76. The monoisotopic (exact) mass is 288 g/mol. The average molecular weight is 288 g/mol. The number of hydrogen-bond acceptors (Lipinski definition) is 3. The quantitative estimate of drug-likeness (QED) is 0.858. The molecule has 2 N–H and O–H groups in total. The lowest BCUT2D eigenvalue weighted by atomic mass is 10.1. The highest BCUT2D eigenvalue weighted by atomic mass is 32.1. The van der Waals surface area contributed by atoms with Crippen molar-refractivity contribution in [3.05, 3.63) is 57.8 Å². The molecule has 1 aromatic carbocycles. The smallest absolute Gasteiger partial charge is 0.251 e. The highest BCUT2D eigenvalue weighted by molar-refractivity contribution is 7.09. The van der Waals surface area contributed by atoms with Crippen LogP contribution in [-0.4, -0.2) is 19.0 Å². The van der Waals surface area contributed by atoms with E-state index in [2.05, 4.69) is 35.1 Å². The maximum absolute atomic E-state index is 11.4. The van der Waals surface area contributed by atoms with E-state index in [9.17, 15) is 4.79 Å². The third kappa shape index (κ3) is 4.18. The van der Waals surface area contributed by atoms with Gasteiger partial charge in [0.15, 0.2) is 0 Å². The summed E-state index contributed by atoms with van der Waals surface area (Å²) in [6.07, 6.45) is 1.05. The molecule has 0 spiro atoms. The Kier molecular flexibility index (Phi) is 5.32. The van der Waals surface area contributed by atoms with Gasteiger partial charge in [0.05, 0.1) is 0 Å². The Morgan fingerprint density at radius 3 is 2.60 bits per heavy atom. The van der Waals surface area contributed by atoms with E-state index in [0.29, 0.717) is 11.6 Å². The fourth-order valence-corrected chi connectivity index (χ4v) is 2.85. The number of benzene rings is 1. The van der Waals surface area contributed by atoms with Gasteiger partial charge in [-0.3, -0.25) is 4.79 Å². The van der Waals surface area contributed by atoms with E-state index < -0.39 is 0 Å². The molecule has 2 rings (SSSR count). The van der Waals surface area contributed by atoms with Crippen molar-refractivity contribution in [2.45, 2.75) is 25.9 Å². The molecule has 0 aliphatic rings. The molecule has 1 unspecified atom stereocenters. The zero-order valence-corrected chi connectivity index (χ0v) is 12.7. The molecule has 1 atom stereocenters. The number of amides is 1. The summed E-state index contributed by atoms with van der Waals surface area (Å²) >= 11 is 1.80. The van der Waals surface area contributed by atoms with Gasteiger partial charge >= 0.3 is 0 Å². The van der Waals surface area contributed by atoms with Crippen molar-refractivity contribution in [2.24, 2.45) is 0 Å². The SMILES string of the molecule is CNC(=O)c1ccc(CNC(C)Cc2cccs2)cc1. The van der Waals surface area contributed by atoms with Crippen LogP contribution in [0.4, 0.5) is 0 Å². The Balaban J connectivity index is 1.83. The van der Waals surface area contributed by atoms with Crippen LogP contribution in [0.15, 0.2) is 41.8 Å². The summed E-state index contributed by atoms with van der Waals surface area (Å²) in [6, 6.07) is 12.4. The lowest BCUT2D eigenvalue weighted by Crippen LogP contribution is -2.27. The zero-order chi connectivity index (χ0) is 14.4. The molecule has 4 heteroatoms. The van der Waals surface area contributed by atoms with Gasteiger partial charge < -0.3 is 10.6 Å². The van der Waals surface area contributed by atoms with E-state index in [1.807, 2.05) is 24.3 Å². The second kappa shape index (κ2) is 7.22. The van der Waals surface area contributed by atoms with E-state index >= 15 is 0 Å². The van der Waals surface area contributed by atoms with Crippen molar-refractivity contribution in [2.75, 3.05) is 7.05 Å². The topological polar surface area (TPSA) is 41.1 Å². The van der Waals surface area contributed by atoms with Crippen molar-refractivity contribution in [3.63, 3.8) is 0 Å². The number of rotatable bonds is 6. The Labute approximate surface area is 124 Å². The van der Waals surface area contributed by atoms with Gasteiger partial charge in [-0.2, -0.15) is 0 Å². The van der Waals surface area contributed by atoms with Gasteiger partial charge in [0, 0.05) is 30.1 Å². The fourth-order valence-electron chi connectivity index (χ4n) is 2.01. The third-order valence-electron chi connectivity index (χ3n) is 3.19. The molecule has 0 radical (unpaired) electrons. The molecule has 0 aliphatic carbocycles. The van der Waals surface area contributed by atoms with E-state index in [1.165, 1.54) is 10.4 Å². The van der Waals surface area contributed by atoms with Gasteiger partial charge in [-0.05, 0) is 42.5 Å². The summed E-state index contributed by atoms with van der Waals surface area (Å²) in [5.74, 6) is -0.0458.